The summed E-state index contributed by atoms with van der Waals surface area (Å²) in [7, 11) is 0. The van der Waals surface area contributed by atoms with Gasteiger partial charge in [0.15, 0.2) is 0 Å². The summed E-state index contributed by atoms with van der Waals surface area (Å²) >= 11 is 0. The molecule has 4 aromatic rings. The molecule has 4 rings (SSSR count). The van der Waals surface area contributed by atoms with Crippen molar-refractivity contribution >= 4 is 0 Å². The molecular weight excluding hydrogens is 591 g/mol. The maximum Gasteiger partial charge on any atom is 2.00 e. The molecular formula is C30H38N6OZn2+4. The molecule has 0 saturated heterocycles. The summed E-state index contributed by atoms with van der Waals surface area (Å²) in [5, 5.41) is 11.1. The van der Waals surface area contributed by atoms with Crippen molar-refractivity contribution in [2.45, 2.75) is 52.6 Å². The van der Waals surface area contributed by atoms with Crippen LogP contribution in [0.3, 0.4) is 0 Å². The van der Waals surface area contributed by atoms with E-state index in [1.807, 2.05) is 72.8 Å². The fourth-order valence-electron chi connectivity index (χ4n) is 3.91. The van der Waals surface area contributed by atoms with Crippen molar-refractivity contribution in [3.05, 3.63) is 120 Å². The molecule has 4 heterocycles. The molecule has 39 heavy (non-hydrogen) atoms. The minimum atomic E-state index is -0.570. The van der Waals surface area contributed by atoms with Gasteiger partial charge in [-0.25, -0.2) is 0 Å². The second kappa shape index (κ2) is 20.6. The standard InChI is InChI=1S/C27H30N6O.C3H8.2Zn/c34-27(21-32(17-23-9-1-5-13-28-23)18-24-10-2-6-14-29-24)22-33(19-25-11-3-7-15-30-25)20-26-12-4-8-16-31-26;1-3-2;;/h1-16,27,34H,17-22H2;3H2,1-2H3;;/q;;2*+2. The van der Waals surface area contributed by atoms with Crippen molar-refractivity contribution in [1.82, 2.24) is 29.7 Å². The third kappa shape index (κ3) is 14.1. The number of aliphatic hydroxyl groups is 1. The molecule has 7 nitrogen and oxygen atoms in total. The van der Waals surface area contributed by atoms with Gasteiger partial charge in [-0.1, -0.05) is 44.5 Å². The fourth-order valence-corrected chi connectivity index (χ4v) is 3.91. The van der Waals surface area contributed by atoms with Crippen LogP contribution in [-0.2, 0) is 65.1 Å². The second-order valence-corrected chi connectivity index (χ2v) is 8.98. The minimum absolute atomic E-state index is 0. The largest absolute Gasteiger partial charge is 2.00 e. The summed E-state index contributed by atoms with van der Waals surface area (Å²) in [6.07, 6.45) is 7.87. The number of hydrogen-bond acceptors (Lipinski definition) is 7. The Hall–Kier alpha value is -2.27. The van der Waals surface area contributed by atoms with E-state index in [2.05, 4.69) is 43.6 Å². The quantitative estimate of drug-likeness (QED) is 0.227. The van der Waals surface area contributed by atoms with Crippen LogP contribution in [0.5, 0.6) is 0 Å². The molecule has 0 saturated carbocycles. The van der Waals surface area contributed by atoms with E-state index < -0.39 is 6.10 Å². The van der Waals surface area contributed by atoms with Crippen LogP contribution in [0.25, 0.3) is 0 Å². The van der Waals surface area contributed by atoms with Gasteiger partial charge < -0.3 is 5.11 Å². The summed E-state index contributed by atoms with van der Waals surface area (Å²) in [4.78, 5) is 22.3. The Morgan fingerprint density at radius 1 is 0.538 bits per heavy atom. The van der Waals surface area contributed by atoms with Crippen LogP contribution in [0.2, 0.25) is 0 Å². The normalized spacial score (nSPS) is 10.4. The second-order valence-electron chi connectivity index (χ2n) is 8.98. The van der Waals surface area contributed by atoms with Crippen LogP contribution in [-0.4, -0.2) is 54.0 Å². The van der Waals surface area contributed by atoms with Crippen molar-refractivity contribution in [1.29, 1.82) is 0 Å². The van der Waals surface area contributed by atoms with Crippen LogP contribution in [0.1, 0.15) is 43.0 Å². The molecule has 0 aliphatic heterocycles. The molecule has 0 radical (unpaired) electrons. The number of hydrogen-bond donors (Lipinski definition) is 1. The molecule has 0 aromatic carbocycles. The van der Waals surface area contributed by atoms with Crippen molar-refractivity contribution < 1.29 is 44.1 Å². The van der Waals surface area contributed by atoms with Crippen LogP contribution in [0.4, 0.5) is 0 Å². The van der Waals surface area contributed by atoms with Crippen LogP contribution < -0.4 is 0 Å². The van der Waals surface area contributed by atoms with Gasteiger partial charge in [0.2, 0.25) is 0 Å². The molecule has 1 N–H and O–H groups in total. The molecule has 9 heteroatoms. The van der Waals surface area contributed by atoms with Crippen LogP contribution in [0, 0.1) is 0 Å². The molecule has 0 unspecified atom stereocenters. The predicted octanol–water partition coefficient (Wildman–Crippen LogP) is 4.74. The number of rotatable bonds is 12. The molecule has 0 fully saturated rings. The third-order valence-corrected chi connectivity index (χ3v) is 5.38. The van der Waals surface area contributed by atoms with Crippen molar-refractivity contribution in [2.75, 3.05) is 13.1 Å². The monoisotopic (exact) mass is 626 g/mol. The Kier molecular flexibility index (Phi) is 18.4. The van der Waals surface area contributed by atoms with Gasteiger partial charge >= 0.3 is 39.0 Å². The number of nitrogens with zero attached hydrogens (tertiary/aromatic N) is 6. The van der Waals surface area contributed by atoms with Gasteiger partial charge in [-0.2, -0.15) is 0 Å². The first-order chi connectivity index (χ1) is 18.2. The molecule has 194 valence electrons. The predicted molar refractivity (Wildman–Crippen MR) is 147 cm³/mol. The summed E-state index contributed by atoms with van der Waals surface area (Å²) in [6.45, 7) is 7.77. The van der Waals surface area contributed by atoms with Gasteiger partial charge in [-0.3, -0.25) is 29.7 Å². The summed E-state index contributed by atoms with van der Waals surface area (Å²) in [5.41, 5.74) is 3.85. The molecule has 4 aromatic heterocycles. The molecule has 0 spiro atoms. The molecule has 0 atom stereocenters. The van der Waals surface area contributed by atoms with E-state index in [1.165, 1.54) is 6.42 Å². The first-order valence-electron chi connectivity index (χ1n) is 12.9. The van der Waals surface area contributed by atoms with E-state index in [-0.39, 0.29) is 39.0 Å². The SMILES string of the molecule is CCC.OC(CN(Cc1ccccn1)Cc1ccccn1)CN(Cc1ccccn1)Cc1ccccn1.[Zn+2].[Zn+2]. The van der Waals surface area contributed by atoms with E-state index >= 15 is 0 Å². The van der Waals surface area contributed by atoms with Gasteiger partial charge in [-0.15, -0.1) is 0 Å². The summed E-state index contributed by atoms with van der Waals surface area (Å²) in [5.74, 6) is 0. The Balaban J connectivity index is 0.00000145. The third-order valence-electron chi connectivity index (χ3n) is 5.38. The van der Waals surface area contributed by atoms with E-state index in [1.54, 1.807) is 24.8 Å². The topological polar surface area (TPSA) is 78.3 Å². The summed E-state index contributed by atoms with van der Waals surface area (Å²) in [6, 6.07) is 23.6. The zero-order valence-corrected chi connectivity index (χ0v) is 29.2. The zero-order valence-electron chi connectivity index (χ0n) is 23.3. The molecule has 0 amide bonds. The molecule has 0 aliphatic rings. The van der Waals surface area contributed by atoms with Gasteiger partial charge in [0.25, 0.3) is 0 Å². The first-order valence-corrected chi connectivity index (χ1v) is 12.9. The van der Waals surface area contributed by atoms with Crippen molar-refractivity contribution in [2.24, 2.45) is 0 Å². The smallest absolute Gasteiger partial charge is 0.390 e. The maximum absolute atomic E-state index is 11.1. The fraction of sp³-hybridized carbons (Fsp3) is 0.333. The van der Waals surface area contributed by atoms with E-state index in [4.69, 9.17) is 0 Å². The van der Waals surface area contributed by atoms with Gasteiger partial charge in [0.1, 0.15) is 0 Å². The molecule has 0 aliphatic carbocycles. The average molecular weight is 629 g/mol. The van der Waals surface area contributed by atoms with E-state index in [9.17, 15) is 5.11 Å². The van der Waals surface area contributed by atoms with Gasteiger partial charge in [-0.05, 0) is 48.5 Å². The van der Waals surface area contributed by atoms with Crippen molar-refractivity contribution in [3.8, 4) is 0 Å². The first kappa shape index (κ1) is 34.8. The van der Waals surface area contributed by atoms with Crippen LogP contribution >= 0.6 is 0 Å². The zero-order chi connectivity index (χ0) is 26.1. The minimum Gasteiger partial charge on any atom is -0.390 e. The van der Waals surface area contributed by atoms with E-state index in [0.29, 0.717) is 39.3 Å². The van der Waals surface area contributed by atoms with Crippen molar-refractivity contribution in [3.63, 3.8) is 0 Å². The summed E-state index contributed by atoms with van der Waals surface area (Å²) < 4.78 is 0. The number of aromatic nitrogens is 4. The maximum atomic E-state index is 11.1. The Labute approximate surface area is 258 Å². The number of pyridine rings is 4. The van der Waals surface area contributed by atoms with Gasteiger partial charge in [0, 0.05) is 64.1 Å². The Bertz CT molecular complexity index is 939. The molecule has 0 bridgehead atoms. The van der Waals surface area contributed by atoms with Crippen LogP contribution in [0.15, 0.2) is 97.6 Å². The Morgan fingerprint density at radius 2 is 0.795 bits per heavy atom. The van der Waals surface area contributed by atoms with Gasteiger partial charge in [0.05, 0.1) is 28.9 Å². The number of aliphatic hydroxyl groups excluding tert-OH is 1. The average Bonchev–Trinajstić information content (AvgIpc) is 2.91. The Morgan fingerprint density at radius 3 is 1.00 bits per heavy atom. The van der Waals surface area contributed by atoms with E-state index in [0.717, 1.165) is 22.8 Å².